The normalized spacial score (nSPS) is 13.8. The van der Waals surface area contributed by atoms with Crippen molar-refractivity contribution in [2.24, 2.45) is 0 Å². The molecule has 2 aromatic heterocycles. The monoisotopic (exact) mass is 339 g/mol. The Morgan fingerprint density at radius 3 is 2.88 bits per heavy atom. The first kappa shape index (κ1) is 16.8. The first-order chi connectivity index (χ1) is 12.3. The molecule has 0 fully saturated rings. The predicted octanol–water partition coefficient (Wildman–Crippen LogP) is 2.49. The zero-order valence-corrected chi connectivity index (χ0v) is 14.3. The summed E-state index contributed by atoms with van der Waals surface area (Å²) in [6.07, 6.45) is 3.31. The minimum atomic E-state index is -0.208. The third kappa shape index (κ3) is 3.55. The molecule has 0 unspecified atom stereocenters. The number of carbonyl (C=O) groups is 1. The zero-order chi connectivity index (χ0) is 17.6. The number of benzene rings is 1. The SMILES string of the molecule is CC.O=C1NCCOc2ccccc2CNc2ccn3ncc1c3n2. The fourth-order valence-corrected chi connectivity index (χ4v) is 2.52. The van der Waals surface area contributed by atoms with Crippen molar-refractivity contribution in [1.82, 2.24) is 19.9 Å². The standard InChI is InChI=1S/C16H15N5O2.C2H6/c22-16-12-10-19-21-7-5-14(20-15(12)21)18-9-11-3-1-2-4-13(11)23-8-6-17-16;1-2/h1-5,7,10H,6,8-9H2,(H,17,22)(H,18,20);1-2H3. The van der Waals surface area contributed by atoms with Crippen molar-refractivity contribution in [1.29, 1.82) is 0 Å². The van der Waals surface area contributed by atoms with Gasteiger partial charge >= 0.3 is 0 Å². The highest BCUT2D eigenvalue weighted by Gasteiger charge is 2.15. The number of anilines is 1. The molecule has 2 N–H and O–H groups in total. The van der Waals surface area contributed by atoms with Crippen molar-refractivity contribution in [3.63, 3.8) is 0 Å². The maximum Gasteiger partial charge on any atom is 0.256 e. The van der Waals surface area contributed by atoms with Gasteiger partial charge in [0.15, 0.2) is 5.65 Å². The van der Waals surface area contributed by atoms with Gasteiger partial charge in [-0.05, 0) is 12.1 Å². The van der Waals surface area contributed by atoms with Crippen molar-refractivity contribution < 1.29 is 9.53 Å². The largest absolute Gasteiger partial charge is 0.491 e. The molecule has 25 heavy (non-hydrogen) atoms. The van der Waals surface area contributed by atoms with Crippen LogP contribution >= 0.6 is 0 Å². The molecule has 7 heteroatoms. The van der Waals surface area contributed by atoms with Gasteiger partial charge in [-0.1, -0.05) is 32.0 Å². The highest BCUT2D eigenvalue weighted by molar-refractivity contribution is 5.99. The van der Waals surface area contributed by atoms with Gasteiger partial charge in [-0.2, -0.15) is 5.10 Å². The fourth-order valence-electron chi connectivity index (χ4n) is 2.52. The van der Waals surface area contributed by atoms with Crippen LogP contribution in [0.4, 0.5) is 5.82 Å². The summed E-state index contributed by atoms with van der Waals surface area (Å²) in [5.74, 6) is 1.28. The van der Waals surface area contributed by atoms with Gasteiger partial charge in [0.2, 0.25) is 0 Å². The lowest BCUT2D eigenvalue weighted by atomic mass is 10.2. The number of nitrogens with zero attached hydrogens (tertiary/aromatic N) is 3. The molecular weight excluding hydrogens is 318 g/mol. The van der Waals surface area contributed by atoms with Gasteiger partial charge in [0.05, 0.1) is 12.7 Å². The molecule has 0 saturated carbocycles. The van der Waals surface area contributed by atoms with E-state index in [0.29, 0.717) is 36.7 Å². The van der Waals surface area contributed by atoms with Crippen molar-refractivity contribution in [2.45, 2.75) is 20.4 Å². The van der Waals surface area contributed by atoms with E-state index in [9.17, 15) is 4.79 Å². The molecule has 0 saturated heterocycles. The summed E-state index contributed by atoms with van der Waals surface area (Å²) in [6.45, 7) is 5.40. The van der Waals surface area contributed by atoms with Crippen molar-refractivity contribution >= 4 is 17.4 Å². The number of carbonyl (C=O) groups excluding carboxylic acids is 1. The molecule has 4 rings (SSSR count). The first-order valence-corrected chi connectivity index (χ1v) is 8.38. The second-order valence-electron chi connectivity index (χ2n) is 5.20. The lowest BCUT2D eigenvalue weighted by Crippen LogP contribution is -2.28. The van der Waals surface area contributed by atoms with Crippen LogP contribution in [0.25, 0.3) is 5.65 Å². The summed E-state index contributed by atoms with van der Waals surface area (Å²) in [6, 6.07) is 9.64. The van der Waals surface area contributed by atoms with E-state index in [1.165, 1.54) is 6.20 Å². The van der Waals surface area contributed by atoms with E-state index in [0.717, 1.165) is 11.3 Å². The lowest BCUT2D eigenvalue weighted by Gasteiger charge is -2.12. The molecule has 2 bridgehead atoms. The smallest absolute Gasteiger partial charge is 0.256 e. The highest BCUT2D eigenvalue weighted by Crippen LogP contribution is 2.20. The molecule has 0 spiro atoms. The minimum Gasteiger partial charge on any atom is -0.491 e. The third-order valence-electron chi connectivity index (χ3n) is 3.69. The number of para-hydroxylation sites is 1. The maximum atomic E-state index is 12.3. The van der Waals surface area contributed by atoms with E-state index in [2.05, 4.69) is 20.7 Å². The number of fused-ring (bicyclic) bond motifs is 2. The van der Waals surface area contributed by atoms with Crippen LogP contribution in [0.2, 0.25) is 0 Å². The Kier molecular flexibility index (Phi) is 5.13. The average molecular weight is 339 g/mol. The van der Waals surface area contributed by atoms with Crippen LogP contribution in [0.15, 0.2) is 42.7 Å². The van der Waals surface area contributed by atoms with E-state index >= 15 is 0 Å². The molecule has 0 atom stereocenters. The maximum absolute atomic E-state index is 12.3. The van der Waals surface area contributed by atoms with E-state index < -0.39 is 0 Å². The number of nitrogens with one attached hydrogen (secondary N) is 2. The van der Waals surface area contributed by atoms with Gasteiger partial charge in [-0.3, -0.25) is 4.79 Å². The van der Waals surface area contributed by atoms with E-state index in [1.807, 2.05) is 44.2 Å². The molecule has 1 aliphatic rings. The second-order valence-corrected chi connectivity index (χ2v) is 5.20. The highest BCUT2D eigenvalue weighted by atomic mass is 16.5. The molecule has 0 aliphatic carbocycles. The van der Waals surface area contributed by atoms with Crippen molar-refractivity contribution in [3.8, 4) is 5.75 Å². The number of rotatable bonds is 0. The fraction of sp³-hybridized carbons (Fsp3) is 0.278. The van der Waals surface area contributed by atoms with Crippen LogP contribution < -0.4 is 15.4 Å². The summed E-state index contributed by atoms with van der Waals surface area (Å²) in [5.41, 5.74) is 2.01. The number of hydrogen-bond acceptors (Lipinski definition) is 5. The van der Waals surface area contributed by atoms with E-state index in [4.69, 9.17) is 4.74 Å². The Labute approximate surface area is 146 Å². The Bertz CT molecular complexity index is 875. The molecular formula is C18H21N5O2. The summed E-state index contributed by atoms with van der Waals surface area (Å²) >= 11 is 0. The van der Waals surface area contributed by atoms with Gasteiger partial charge < -0.3 is 15.4 Å². The van der Waals surface area contributed by atoms with Crippen molar-refractivity contribution in [3.05, 3.63) is 53.9 Å². The molecule has 3 aromatic rings. The van der Waals surface area contributed by atoms with Gasteiger partial charge in [0, 0.05) is 18.3 Å². The molecule has 3 heterocycles. The third-order valence-corrected chi connectivity index (χ3v) is 3.69. The minimum absolute atomic E-state index is 0.208. The number of aromatic nitrogens is 3. The lowest BCUT2D eigenvalue weighted by molar-refractivity contribution is 0.0948. The van der Waals surface area contributed by atoms with Gasteiger partial charge in [0.25, 0.3) is 5.91 Å². The van der Waals surface area contributed by atoms with Crippen molar-refractivity contribution in [2.75, 3.05) is 18.5 Å². The summed E-state index contributed by atoms with van der Waals surface area (Å²) in [5, 5.41) is 10.2. The van der Waals surface area contributed by atoms with E-state index in [1.54, 1.807) is 10.7 Å². The molecule has 0 radical (unpaired) electrons. The summed E-state index contributed by atoms with van der Waals surface area (Å²) < 4.78 is 7.35. The van der Waals surface area contributed by atoms with Crippen LogP contribution in [-0.4, -0.2) is 33.7 Å². The number of amides is 1. The topological polar surface area (TPSA) is 80.5 Å². The van der Waals surface area contributed by atoms with Crippen LogP contribution in [0.5, 0.6) is 5.75 Å². The average Bonchev–Trinajstić information content (AvgIpc) is 3.08. The summed E-state index contributed by atoms with van der Waals surface area (Å²) in [4.78, 5) is 16.8. The molecule has 1 aliphatic heterocycles. The number of ether oxygens (including phenoxy) is 1. The van der Waals surface area contributed by atoms with Gasteiger partial charge in [-0.25, -0.2) is 9.50 Å². The molecule has 130 valence electrons. The predicted molar refractivity (Wildman–Crippen MR) is 95.9 cm³/mol. The molecule has 1 amide bonds. The molecule has 7 nitrogen and oxygen atoms in total. The zero-order valence-electron chi connectivity index (χ0n) is 14.3. The first-order valence-electron chi connectivity index (χ1n) is 8.38. The Morgan fingerprint density at radius 1 is 1.16 bits per heavy atom. The van der Waals surface area contributed by atoms with Crippen LogP contribution in [0.1, 0.15) is 29.8 Å². The quantitative estimate of drug-likeness (QED) is 0.658. The summed E-state index contributed by atoms with van der Waals surface area (Å²) in [7, 11) is 0. The Morgan fingerprint density at radius 2 is 2.00 bits per heavy atom. The van der Waals surface area contributed by atoms with Crippen LogP contribution in [0, 0.1) is 0 Å². The second kappa shape index (κ2) is 7.65. The van der Waals surface area contributed by atoms with Gasteiger partial charge in [0.1, 0.15) is 23.7 Å². The van der Waals surface area contributed by atoms with E-state index in [-0.39, 0.29) is 5.91 Å². The van der Waals surface area contributed by atoms with Crippen LogP contribution in [-0.2, 0) is 6.54 Å². The molecule has 1 aromatic carbocycles. The number of hydrogen-bond donors (Lipinski definition) is 2. The Hall–Kier alpha value is -3.09. The van der Waals surface area contributed by atoms with Crippen LogP contribution in [0.3, 0.4) is 0 Å². The Balaban J connectivity index is 0.000000880. The van der Waals surface area contributed by atoms with Gasteiger partial charge in [-0.15, -0.1) is 0 Å².